The maximum Gasteiger partial charge on any atom is 0.227 e. The van der Waals surface area contributed by atoms with Crippen molar-refractivity contribution in [3.8, 4) is 0 Å². The van der Waals surface area contributed by atoms with Gasteiger partial charge in [0.2, 0.25) is 5.91 Å². The van der Waals surface area contributed by atoms with Crippen LogP contribution in [0.1, 0.15) is 27.7 Å². The van der Waals surface area contributed by atoms with Gasteiger partial charge in [-0.15, -0.1) is 0 Å². The summed E-state index contributed by atoms with van der Waals surface area (Å²) in [7, 11) is 0. The molecule has 1 amide bonds. The van der Waals surface area contributed by atoms with Gasteiger partial charge in [0, 0.05) is 19.2 Å². The summed E-state index contributed by atoms with van der Waals surface area (Å²) in [5, 5.41) is 11.7. The standard InChI is InChI=1S/C10H22N2O2/c1-7(5-13)8(2)12-9(14)10(3,4)6-11/h7-8,13H,5-6,11H2,1-4H3,(H,12,14). The summed E-state index contributed by atoms with van der Waals surface area (Å²) in [5.41, 5.74) is 4.94. The van der Waals surface area contributed by atoms with Crippen LogP contribution in [0, 0.1) is 11.3 Å². The molecule has 0 aromatic rings. The molecule has 4 heteroatoms. The zero-order valence-electron chi connectivity index (χ0n) is 9.50. The number of carbonyl (C=O) groups is 1. The predicted molar refractivity (Wildman–Crippen MR) is 56.7 cm³/mol. The van der Waals surface area contributed by atoms with E-state index in [1.807, 2.05) is 13.8 Å². The zero-order valence-corrected chi connectivity index (χ0v) is 9.50. The largest absolute Gasteiger partial charge is 0.396 e. The van der Waals surface area contributed by atoms with E-state index in [1.165, 1.54) is 0 Å². The van der Waals surface area contributed by atoms with E-state index >= 15 is 0 Å². The third-order valence-electron chi connectivity index (χ3n) is 2.63. The second-order valence-electron chi connectivity index (χ2n) is 4.51. The molecule has 0 fully saturated rings. The van der Waals surface area contributed by atoms with Gasteiger partial charge >= 0.3 is 0 Å². The van der Waals surface area contributed by atoms with Crippen LogP contribution >= 0.6 is 0 Å². The Labute approximate surface area is 85.9 Å². The van der Waals surface area contributed by atoms with E-state index in [0.29, 0.717) is 6.54 Å². The maximum atomic E-state index is 11.7. The van der Waals surface area contributed by atoms with E-state index in [-0.39, 0.29) is 24.5 Å². The zero-order chi connectivity index (χ0) is 11.4. The molecule has 14 heavy (non-hydrogen) atoms. The first-order valence-corrected chi connectivity index (χ1v) is 4.97. The average molecular weight is 202 g/mol. The number of aliphatic hydroxyl groups excluding tert-OH is 1. The lowest BCUT2D eigenvalue weighted by Crippen LogP contribution is -2.47. The van der Waals surface area contributed by atoms with E-state index in [9.17, 15) is 4.79 Å². The number of hydrogen-bond acceptors (Lipinski definition) is 3. The Balaban J connectivity index is 4.19. The Morgan fingerprint density at radius 1 is 1.50 bits per heavy atom. The van der Waals surface area contributed by atoms with Gasteiger partial charge in [0.1, 0.15) is 0 Å². The second-order valence-corrected chi connectivity index (χ2v) is 4.51. The lowest BCUT2D eigenvalue weighted by Gasteiger charge is -2.26. The number of amides is 1. The highest BCUT2D eigenvalue weighted by molar-refractivity contribution is 5.82. The molecule has 0 saturated carbocycles. The van der Waals surface area contributed by atoms with Crippen LogP contribution < -0.4 is 11.1 Å². The van der Waals surface area contributed by atoms with E-state index in [2.05, 4.69) is 5.32 Å². The van der Waals surface area contributed by atoms with Gasteiger partial charge < -0.3 is 16.2 Å². The normalized spacial score (nSPS) is 16.1. The van der Waals surface area contributed by atoms with Crippen LogP contribution in [0.3, 0.4) is 0 Å². The molecule has 4 nitrogen and oxygen atoms in total. The number of aliphatic hydroxyl groups is 1. The molecular weight excluding hydrogens is 180 g/mol. The minimum atomic E-state index is -0.538. The summed E-state index contributed by atoms with van der Waals surface area (Å²) in [4.78, 5) is 11.7. The van der Waals surface area contributed by atoms with E-state index < -0.39 is 5.41 Å². The van der Waals surface area contributed by atoms with Crippen molar-refractivity contribution < 1.29 is 9.90 Å². The van der Waals surface area contributed by atoms with Gasteiger partial charge in [0.15, 0.2) is 0 Å². The molecule has 2 atom stereocenters. The minimum Gasteiger partial charge on any atom is -0.396 e. The molecule has 0 rings (SSSR count). The number of carbonyl (C=O) groups excluding carboxylic acids is 1. The van der Waals surface area contributed by atoms with Crippen molar-refractivity contribution in [2.45, 2.75) is 33.7 Å². The Morgan fingerprint density at radius 2 is 2.00 bits per heavy atom. The van der Waals surface area contributed by atoms with Crippen molar-refractivity contribution in [1.82, 2.24) is 5.32 Å². The molecule has 0 aliphatic carbocycles. The summed E-state index contributed by atoms with van der Waals surface area (Å²) >= 11 is 0. The SMILES string of the molecule is CC(CO)C(C)NC(=O)C(C)(C)CN. The van der Waals surface area contributed by atoms with Gasteiger partial charge in [0.25, 0.3) is 0 Å². The van der Waals surface area contributed by atoms with Crippen molar-refractivity contribution in [1.29, 1.82) is 0 Å². The molecule has 0 aromatic carbocycles. The van der Waals surface area contributed by atoms with Gasteiger partial charge in [-0.3, -0.25) is 4.79 Å². The lowest BCUT2D eigenvalue weighted by atomic mass is 9.91. The Morgan fingerprint density at radius 3 is 2.36 bits per heavy atom. The molecule has 0 bridgehead atoms. The van der Waals surface area contributed by atoms with Crippen molar-refractivity contribution >= 4 is 5.91 Å². The second kappa shape index (κ2) is 5.32. The number of rotatable bonds is 5. The average Bonchev–Trinajstić information content (AvgIpc) is 2.16. The Hall–Kier alpha value is -0.610. The van der Waals surface area contributed by atoms with E-state index in [4.69, 9.17) is 10.8 Å². The Kier molecular flexibility index (Phi) is 5.08. The highest BCUT2D eigenvalue weighted by Gasteiger charge is 2.27. The first-order chi connectivity index (χ1) is 6.35. The topological polar surface area (TPSA) is 75.3 Å². The van der Waals surface area contributed by atoms with Gasteiger partial charge in [0.05, 0.1) is 5.41 Å². The Bertz CT molecular complexity index is 193. The van der Waals surface area contributed by atoms with Crippen molar-refractivity contribution in [3.05, 3.63) is 0 Å². The highest BCUT2D eigenvalue weighted by atomic mass is 16.3. The highest BCUT2D eigenvalue weighted by Crippen LogP contribution is 2.13. The van der Waals surface area contributed by atoms with Crippen LogP contribution in [-0.2, 0) is 4.79 Å². The van der Waals surface area contributed by atoms with Gasteiger partial charge in [-0.2, -0.15) is 0 Å². The van der Waals surface area contributed by atoms with Crippen molar-refractivity contribution in [2.24, 2.45) is 17.1 Å². The van der Waals surface area contributed by atoms with Crippen LogP contribution in [0.4, 0.5) is 0 Å². The van der Waals surface area contributed by atoms with E-state index in [0.717, 1.165) is 0 Å². The van der Waals surface area contributed by atoms with Crippen LogP contribution in [-0.4, -0.2) is 30.2 Å². The molecule has 4 N–H and O–H groups in total. The van der Waals surface area contributed by atoms with Crippen LogP contribution in [0.2, 0.25) is 0 Å². The van der Waals surface area contributed by atoms with Crippen LogP contribution in [0.5, 0.6) is 0 Å². The molecule has 0 aromatic heterocycles. The minimum absolute atomic E-state index is 0.0293. The molecule has 0 saturated heterocycles. The third kappa shape index (κ3) is 3.64. The lowest BCUT2D eigenvalue weighted by molar-refractivity contribution is -0.129. The maximum absolute atomic E-state index is 11.7. The smallest absolute Gasteiger partial charge is 0.227 e. The van der Waals surface area contributed by atoms with Crippen LogP contribution in [0.15, 0.2) is 0 Å². The van der Waals surface area contributed by atoms with Gasteiger partial charge in [-0.1, -0.05) is 6.92 Å². The molecule has 0 radical (unpaired) electrons. The molecule has 0 spiro atoms. The summed E-state index contributed by atoms with van der Waals surface area (Å²) in [5.74, 6) is 0.000300. The summed E-state index contributed by atoms with van der Waals surface area (Å²) in [6.45, 7) is 7.77. The summed E-state index contributed by atoms with van der Waals surface area (Å²) < 4.78 is 0. The third-order valence-corrected chi connectivity index (χ3v) is 2.63. The predicted octanol–water partition coefficient (Wildman–Crippen LogP) is 0.104. The molecule has 2 unspecified atom stereocenters. The fourth-order valence-electron chi connectivity index (χ4n) is 0.795. The van der Waals surface area contributed by atoms with E-state index in [1.54, 1.807) is 13.8 Å². The van der Waals surface area contributed by atoms with Gasteiger partial charge in [-0.25, -0.2) is 0 Å². The monoisotopic (exact) mass is 202 g/mol. The quantitative estimate of drug-likeness (QED) is 0.592. The van der Waals surface area contributed by atoms with Crippen molar-refractivity contribution in [3.63, 3.8) is 0 Å². The van der Waals surface area contributed by atoms with Crippen molar-refractivity contribution in [2.75, 3.05) is 13.2 Å². The number of nitrogens with one attached hydrogen (secondary N) is 1. The molecule has 0 aliphatic rings. The number of hydrogen-bond donors (Lipinski definition) is 3. The van der Waals surface area contributed by atoms with Crippen LogP contribution in [0.25, 0.3) is 0 Å². The molecule has 0 aliphatic heterocycles. The first kappa shape index (κ1) is 13.4. The first-order valence-electron chi connectivity index (χ1n) is 4.97. The molecular formula is C10H22N2O2. The summed E-state index contributed by atoms with van der Waals surface area (Å²) in [6, 6.07) is -0.0293. The molecule has 84 valence electrons. The fraction of sp³-hybridized carbons (Fsp3) is 0.900. The molecule has 0 heterocycles. The van der Waals surface area contributed by atoms with Gasteiger partial charge in [-0.05, 0) is 26.7 Å². The summed E-state index contributed by atoms with van der Waals surface area (Å²) in [6.07, 6.45) is 0. The number of nitrogens with two attached hydrogens (primary N) is 1. The fourth-order valence-corrected chi connectivity index (χ4v) is 0.795.